The Balaban J connectivity index is 1.68. The molecule has 2 heterocycles. The van der Waals surface area contributed by atoms with Gasteiger partial charge in [0, 0.05) is 0 Å². The molecule has 0 aliphatic carbocycles. The Morgan fingerprint density at radius 1 is 1.24 bits per heavy atom. The number of halogens is 3. The average molecular weight is 415 g/mol. The summed E-state index contributed by atoms with van der Waals surface area (Å²) < 4.78 is 49.8. The van der Waals surface area contributed by atoms with Gasteiger partial charge in [0.05, 0.1) is 36.5 Å². The average Bonchev–Trinajstić information content (AvgIpc) is 2.57. The number of piperidine rings is 1. The standard InChI is InChI=1S/C21H28F3NO4/c1-19(2,3)29-18(26)25-16-10-20(27,11-17(25)13-28-12-16)8-7-14-5-4-6-15(9-14)21(22,23)24/h4-6,9,16-17,27H,7-8,10-13H2,1-3H3. The van der Waals surface area contributed by atoms with Crippen LogP contribution in [0.2, 0.25) is 0 Å². The largest absolute Gasteiger partial charge is 0.444 e. The fourth-order valence-corrected chi connectivity index (χ4v) is 4.17. The number of alkyl halides is 3. The normalized spacial score (nSPS) is 27.6. The number of benzene rings is 1. The lowest BCUT2D eigenvalue weighted by Crippen LogP contribution is -2.64. The van der Waals surface area contributed by atoms with Crippen molar-refractivity contribution in [1.29, 1.82) is 0 Å². The van der Waals surface area contributed by atoms with Gasteiger partial charge >= 0.3 is 12.3 Å². The van der Waals surface area contributed by atoms with Crippen molar-refractivity contribution in [2.24, 2.45) is 0 Å². The number of ether oxygens (including phenoxy) is 2. The van der Waals surface area contributed by atoms with Crippen LogP contribution in [0.15, 0.2) is 24.3 Å². The van der Waals surface area contributed by atoms with Crippen molar-refractivity contribution >= 4 is 6.09 Å². The van der Waals surface area contributed by atoms with Crippen LogP contribution >= 0.6 is 0 Å². The Morgan fingerprint density at radius 2 is 1.86 bits per heavy atom. The molecule has 0 aromatic heterocycles. The number of aryl methyl sites for hydroxylation is 1. The molecule has 2 saturated heterocycles. The van der Waals surface area contributed by atoms with Gasteiger partial charge in [-0.05, 0) is 58.1 Å². The third-order valence-electron chi connectivity index (χ3n) is 5.38. The number of carbonyl (C=O) groups excluding carboxylic acids is 1. The minimum absolute atomic E-state index is 0.307. The topological polar surface area (TPSA) is 59.0 Å². The van der Waals surface area contributed by atoms with Gasteiger partial charge in [-0.2, -0.15) is 13.2 Å². The lowest BCUT2D eigenvalue weighted by Gasteiger charge is -2.51. The first-order chi connectivity index (χ1) is 13.4. The quantitative estimate of drug-likeness (QED) is 0.805. The summed E-state index contributed by atoms with van der Waals surface area (Å²) in [5.74, 6) is 0. The molecule has 5 nitrogen and oxygen atoms in total. The predicted molar refractivity (Wildman–Crippen MR) is 100 cm³/mol. The van der Waals surface area contributed by atoms with Crippen LogP contribution in [-0.2, 0) is 22.1 Å². The van der Waals surface area contributed by atoms with Crippen LogP contribution in [0.5, 0.6) is 0 Å². The third kappa shape index (κ3) is 5.42. The van der Waals surface area contributed by atoms with Crippen LogP contribution in [0.4, 0.5) is 18.0 Å². The predicted octanol–water partition coefficient (Wildman–Crippen LogP) is 4.17. The van der Waals surface area contributed by atoms with Gasteiger partial charge in [-0.1, -0.05) is 18.2 Å². The van der Waals surface area contributed by atoms with Crippen molar-refractivity contribution in [3.63, 3.8) is 0 Å². The highest BCUT2D eigenvalue weighted by molar-refractivity contribution is 5.69. The molecule has 162 valence electrons. The minimum Gasteiger partial charge on any atom is -0.444 e. The fourth-order valence-electron chi connectivity index (χ4n) is 4.17. The van der Waals surface area contributed by atoms with Crippen molar-refractivity contribution in [2.45, 2.75) is 75.9 Å². The second-order valence-corrected chi connectivity index (χ2v) is 9.06. The molecular weight excluding hydrogens is 387 g/mol. The van der Waals surface area contributed by atoms with E-state index in [-0.39, 0.29) is 12.1 Å². The summed E-state index contributed by atoms with van der Waals surface area (Å²) in [4.78, 5) is 14.3. The molecule has 29 heavy (non-hydrogen) atoms. The summed E-state index contributed by atoms with van der Waals surface area (Å²) in [7, 11) is 0. The summed E-state index contributed by atoms with van der Waals surface area (Å²) >= 11 is 0. The molecule has 2 aliphatic rings. The van der Waals surface area contributed by atoms with E-state index in [0.717, 1.165) is 12.1 Å². The summed E-state index contributed by atoms with van der Waals surface area (Å²) in [6, 6.07) is 4.56. The van der Waals surface area contributed by atoms with Crippen LogP contribution in [-0.4, -0.2) is 52.6 Å². The maximum absolute atomic E-state index is 12.9. The first-order valence-electron chi connectivity index (χ1n) is 9.84. The molecule has 1 N–H and O–H groups in total. The number of morpholine rings is 1. The van der Waals surface area contributed by atoms with E-state index in [0.29, 0.717) is 44.5 Å². The van der Waals surface area contributed by atoms with E-state index in [4.69, 9.17) is 9.47 Å². The Bertz CT molecular complexity index is 730. The van der Waals surface area contributed by atoms with Crippen LogP contribution in [0.1, 0.15) is 51.2 Å². The van der Waals surface area contributed by atoms with E-state index < -0.39 is 29.0 Å². The molecular formula is C21H28F3NO4. The van der Waals surface area contributed by atoms with Gasteiger partial charge in [-0.25, -0.2) is 4.79 Å². The van der Waals surface area contributed by atoms with Crippen molar-refractivity contribution < 1.29 is 32.5 Å². The van der Waals surface area contributed by atoms with Crippen molar-refractivity contribution in [1.82, 2.24) is 4.90 Å². The molecule has 2 bridgehead atoms. The number of hydrogen-bond acceptors (Lipinski definition) is 4. The lowest BCUT2D eigenvalue weighted by atomic mass is 9.78. The third-order valence-corrected chi connectivity index (χ3v) is 5.38. The zero-order chi connectivity index (χ0) is 21.4. The maximum atomic E-state index is 12.9. The second kappa shape index (κ2) is 7.80. The van der Waals surface area contributed by atoms with E-state index in [1.165, 1.54) is 6.07 Å². The molecule has 2 atom stereocenters. The van der Waals surface area contributed by atoms with Crippen molar-refractivity contribution in [2.75, 3.05) is 13.2 Å². The monoisotopic (exact) mass is 415 g/mol. The van der Waals surface area contributed by atoms with E-state index in [9.17, 15) is 23.1 Å². The van der Waals surface area contributed by atoms with E-state index in [1.54, 1.807) is 31.7 Å². The summed E-state index contributed by atoms with van der Waals surface area (Å²) in [5, 5.41) is 11.1. The van der Waals surface area contributed by atoms with Gasteiger partial charge in [0.15, 0.2) is 0 Å². The highest BCUT2D eigenvalue weighted by Crippen LogP contribution is 2.38. The smallest absolute Gasteiger partial charge is 0.416 e. The number of carbonyl (C=O) groups is 1. The molecule has 1 aromatic rings. The summed E-state index contributed by atoms with van der Waals surface area (Å²) in [5.41, 5.74) is -1.84. The first-order valence-corrected chi connectivity index (χ1v) is 9.84. The molecule has 8 heteroatoms. The molecule has 0 spiro atoms. The SMILES string of the molecule is CC(C)(C)OC(=O)N1C2COCC1CC(O)(CCc1cccc(C(F)(F)F)c1)C2. The van der Waals surface area contributed by atoms with E-state index in [1.807, 2.05) is 0 Å². The van der Waals surface area contributed by atoms with Gasteiger partial charge in [0.25, 0.3) is 0 Å². The Kier molecular flexibility index (Phi) is 5.89. The molecule has 0 radical (unpaired) electrons. The van der Waals surface area contributed by atoms with Crippen LogP contribution in [0, 0.1) is 0 Å². The number of fused-ring (bicyclic) bond motifs is 2. The van der Waals surface area contributed by atoms with Crippen molar-refractivity contribution in [3.05, 3.63) is 35.4 Å². The molecule has 0 saturated carbocycles. The highest BCUT2D eigenvalue weighted by atomic mass is 19.4. The van der Waals surface area contributed by atoms with Crippen LogP contribution in [0.25, 0.3) is 0 Å². The number of amides is 1. The highest BCUT2D eigenvalue weighted by Gasteiger charge is 2.48. The number of rotatable bonds is 3. The van der Waals surface area contributed by atoms with E-state index >= 15 is 0 Å². The van der Waals surface area contributed by atoms with E-state index in [2.05, 4.69) is 0 Å². The zero-order valence-corrected chi connectivity index (χ0v) is 17.0. The molecule has 2 aliphatic heterocycles. The number of nitrogens with zero attached hydrogens (tertiary/aromatic N) is 1. The second-order valence-electron chi connectivity index (χ2n) is 9.06. The zero-order valence-electron chi connectivity index (χ0n) is 17.0. The maximum Gasteiger partial charge on any atom is 0.416 e. The van der Waals surface area contributed by atoms with Gasteiger partial charge in [-0.3, -0.25) is 4.90 Å². The Labute approximate surface area is 168 Å². The first kappa shape index (κ1) is 21.9. The van der Waals surface area contributed by atoms with Crippen molar-refractivity contribution in [3.8, 4) is 0 Å². The molecule has 3 rings (SSSR count). The number of hydrogen-bond donors (Lipinski definition) is 1. The summed E-state index contributed by atoms with van der Waals surface area (Å²) in [6.45, 7) is 6.01. The number of aliphatic hydroxyl groups is 1. The molecule has 2 fully saturated rings. The summed E-state index contributed by atoms with van der Waals surface area (Å²) in [6.07, 6.45) is -3.55. The Hall–Kier alpha value is -1.80. The molecule has 1 aromatic carbocycles. The lowest BCUT2D eigenvalue weighted by molar-refractivity contribution is -0.139. The van der Waals surface area contributed by atoms with Gasteiger partial charge in [0.1, 0.15) is 5.60 Å². The molecule has 2 unspecified atom stereocenters. The van der Waals surface area contributed by atoms with Crippen LogP contribution in [0.3, 0.4) is 0 Å². The Morgan fingerprint density at radius 3 is 2.41 bits per heavy atom. The van der Waals surface area contributed by atoms with Crippen LogP contribution < -0.4 is 0 Å². The van der Waals surface area contributed by atoms with Gasteiger partial charge in [0.2, 0.25) is 0 Å². The van der Waals surface area contributed by atoms with Gasteiger partial charge in [-0.15, -0.1) is 0 Å². The minimum atomic E-state index is -4.39. The molecule has 1 amide bonds. The van der Waals surface area contributed by atoms with Gasteiger partial charge < -0.3 is 14.6 Å². The fraction of sp³-hybridized carbons (Fsp3) is 0.667.